The van der Waals surface area contributed by atoms with Crippen LogP contribution in [0.4, 0.5) is 5.69 Å². The number of fused-ring (bicyclic) bond motifs is 1. The minimum atomic E-state index is -0.154. The van der Waals surface area contributed by atoms with Crippen LogP contribution in [0.2, 0.25) is 0 Å². The van der Waals surface area contributed by atoms with E-state index in [1.807, 2.05) is 12.1 Å². The standard InChI is InChI=1S/C17H10Br3N3O2/c18-7-14(24)22-11-3-1-10(2-4-11)17-23-13-6-9(8-21)5-12(16(19)20)15(13)25-17/h1-6,16H,7H2,(H,22,24). The van der Waals surface area contributed by atoms with Gasteiger partial charge in [0, 0.05) is 16.8 Å². The monoisotopic (exact) mass is 525 g/mol. The van der Waals surface area contributed by atoms with Gasteiger partial charge in [-0.3, -0.25) is 4.79 Å². The molecule has 0 aliphatic heterocycles. The van der Waals surface area contributed by atoms with E-state index in [9.17, 15) is 10.1 Å². The Morgan fingerprint density at radius 3 is 2.60 bits per heavy atom. The number of oxazole rings is 1. The molecule has 3 aromatic rings. The molecule has 126 valence electrons. The summed E-state index contributed by atoms with van der Waals surface area (Å²) in [5, 5.41) is 12.2. The van der Waals surface area contributed by atoms with E-state index in [2.05, 4.69) is 64.2 Å². The molecule has 2 aromatic carbocycles. The van der Waals surface area contributed by atoms with Gasteiger partial charge in [-0.25, -0.2) is 4.98 Å². The molecule has 0 spiro atoms. The van der Waals surface area contributed by atoms with Crippen LogP contribution in [0.3, 0.4) is 0 Å². The SMILES string of the molecule is N#Cc1cc(C(Br)Br)c2oc(-c3ccc(NC(=O)CBr)cc3)nc2c1. The van der Waals surface area contributed by atoms with Crippen LogP contribution in [0.25, 0.3) is 22.6 Å². The second-order valence-electron chi connectivity index (χ2n) is 5.10. The summed E-state index contributed by atoms with van der Waals surface area (Å²) < 4.78 is 5.76. The van der Waals surface area contributed by atoms with Crippen molar-refractivity contribution in [2.75, 3.05) is 10.6 Å². The molecule has 0 aliphatic rings. The van der Waals surface area contributed by atoms with Gasteiger partial charge in [-0.2, -0.15) is 5.26 Å². The van der Waals surface area contributed by atoms with Crippen LogP contribution in [-0.4, -0.2) is 16.2 Å². The molecule has 0 atom stereocenters. The summed E-state index contributed by atoms with van der Waals surface area (Å²) in [5.74, 6) is 0.328. The molecular formula is C17H10Br3N3O2. The van der Waals surface area contributed by atoms with E-state index in [0.717, 1.165) is 11.1 Å². The summed E-state index contributed by atoms with van der Waals surface area (Å²) in [4.78, 5) is 15.9. The van der Waals surface area contributed by atoms with E-state index in [0.29, 0.717) is 28.2 Å². The highest BCUT2D eigenvalue weighted by atomic mass is 79.9. The Kier molecular flexibility index (Phi) is 5.57. The Morgan fingerprint density at radius 1 is 1.28 bits per heavy atom. The Hall–Kier alpha value is -1.69. The molecule has 0 saturated carbocycles. The third-order valence-corrected chi connectivity index (χ3v) is 4.92. The summed E-state index contributed by atoms with van der Waals surface area (Å²) in [6.07, 6.45) is 0. The number of benzene rings is 2. The normalized spacial score (nSPS) is 10.8. The molecule has 3 rings (SSSR count). The van der Waals surface area contributed by atoms with E-state index in [1.54, 1.807) is 24.3 Å². The lowest BCUT2D eigenvalue weighted by Gasteiger charge is -2.03. The smallest absolute Gasteiger partial charge is 0.235 e. The molecule has 8 heteroatoms. The molecule has 1 amide bonds. The van der Waals surface area contributed by atoms with Gasteiger partial charge in [0.2, 0.25) is 11.8 Å². The Balaban J connectivity index is 2.00. The zero-order chi connectivity index (χ0) is 18.0. The Morgan fingerprint density at radius 2 is 2.00 bits per heavy atom. The number of hydrogen-bond donors (Lipinski definition) is 1. The van der Waals surface area contributed by atoms with Crippen LogP contribution in [0.15, 0.2) is 40.8 Å². The number of nitrogens with one attached hydrogen (secondary N) is 1. The summed E-state index contributed by atoms with van der Waals surface area (Å²) in [5.41, 5.74) is 4.01. The molecule has 0 aliphatic carbocycles. The van der Waals surface area contributed by atoms with E-state index in [4.69, 9.17) is 4.42 Å². The molecule has 0 saturated heterocycles. The van der Waals surface area contributed by atoms with Crippen molar-refractivity contribution >= 4 is 70.5 Å². The van der Waals surface area contributed by atoms with E-state index < -0.39 is 0 Å². The fourth-order valence-electron chi connectivity index (χ4n) is 2.30. The molecule has 0 radical (unpaired) electrons. The van der Waals surface area contributed by atoms with Crippen molar-refractivity contribution in [3.05, 3.63) is 47.5 Å². The second-order valence-corrected chi connectivity index (χ2v) is 8.73. The maximum absolute atomic E-state index is 11.4. The van der Waals surface area contributed by atoms with Crippen LogP contribution < -0.4 is 5.32 Å². The zero-order valence-corrected chi connectivity index (χ0v) is 17.4. The molecular weight excluding hydrogens is 518 g/mol. The number of rotatable bonds is 4. The van der Waals surface area contributed by atoms with Gasteiger partial charge in [0.15, 0.2) is 5.58 Å². The topological polar surface area (TPSA) is 78.9 Å². The van der Waals surface area contributed by atoms with Crippen LogP contribution in [0, 0.1) is 11.3 Å². The van der Waals surface area contributed by atoms with Crippen LogP contribution in [0.1, 0.15) is 14.9 Å². The van der Waals surface area contributed by atoms with Gasteiger partial charge in [-0.1, -0.05) is 47.8 Å². The first-order chi connectivity index (χ1) is 12.0. The summed E-state index contributed by atoms with van der Waals surface area (Å²) in [6, 6.07) is 12.8. The predicted octanol–water partition coefficient (Wildman–Crippen LogP) is 5.49. The molecule has 0 bridgehead atoms. The molecule has 0 unspecified atom stereocenters. The zero-order valence-electron chi connectivity index (χ0n) is 12.6. The minimum Gasteiger partial charge on any atom is -0.436 e. The fraction of sp³-hybridized carbons (Fsp3) is 0.118. The Labute approximate surface area is 168 Å². The van der Waals surface area contributed by atoms with Crippen molar-refractivity contribution in [3.8, 4) is 17.5 Å². The number of halogens is 3. The van der Waals surface area contributed by atoms with Gasteiger partial charge < -0.3 is 9.73 Å². The lowest BCUT2D eigenvalue weighted by molar-refractivity contribution is -0.113. The fourth-order valence-corrected chi connectivity index (χ4v) is 3.12. The van der Waals surface area contributed by atoms with Gasteiger partial charge in [0.05, 0.1) is 20.7 Å². The van der Waals surface area contributed by atoms with Gasteiger partial charge >= 0.3 is 0 Å². The van der Waals surface area contributed by atoms with Crippen molar-refractivity contribution < 1.29 is 9.21 Å². The van der Waals surface area contributed by atoms with Crippen molar-refractivity contribution in [1.82, 2.24) is 4.98 Å². The van der Waals surface area contributed by atoms with Gasteiger partial charge in [-0.15, -0.1) is 0 Å². The second kappa shape index (κ2) is 7.68. The third-order valence-electron chi connectivity index (χ3n) is 3.42. The molecule has 0 fully saturated rings. The van der Waals surface area contributed by atoms with Crippen LogP contribution in [-0.2, 0) is 4.79 Å². The van der Waals surface area contributed by atoms with Crippen molar-refractivity contribution in [3.63, 3.8) is 0 Å². The average molecular weight is 528 g/mol. The first kappa shape index (κ1) is 18.1. The van der Waals surface area contributed by atoms with E-state index in [1.165, 1.54) is 0 Å². The maximum atomic E-state index is 11.4. The predicted molar refractivity (Wildman–Crippen MR) is 107 cm³/mol. The number of hydrogen-bond acceptors (Lipinski definition) is 4. The van der Waals surface area contributed by atoms with Gasteiger partial charge in [0.25, 0.3) is 0 Å². The molecule has 5 nitrogen and oxygen atoms in total. The molecule has 1 heterocycles. The minimum absolute atomic E-state index is 0.121. The van der Waals surface area contributed by atoms with Gasteiger partial charge in [0.1, 0.15) is 5.52 Å². The number of anilines is 1. The number of aromatic nitrogens is 1. The molecule has 25 heavy (non-hydrogen) atoms. The number of carbonyl (C=O) groups is 1. The van der Waals surface area contributed by atoms with E-state index >= 15 is 0 Å². The molecule has 1 N–H and O–H groups in total. The quantitative estimate of drug-likeness (QED) is 0.455. The molecule has 1 aromatic heterocycles. The van der Waals surface area contributed by atoms with E-state index in [-0.39, 0.29) is 15.0 Å². The summed E-state index contributed by atoms with van der Waals surface area (Å²) in [6.45, 7) is 0. The van der Waals surface area contributed by atoms with Crippen molar-refractivity contribution in [2.24, 2.45) is 0 Å². The first-order valence-corrected chi connectivity index (χ1v) is 10.1. The summed E-state index contributed by atoms with van der Waals surface area (Å²) in [7, 11) is 0. The number of amides is 1. The van der Waals surface area contributed by atoms with Gasteiger partial charge in [-0.05, 0) is 36.4 Å². The number of alkyl halides is 3. The van der Waals surface area contributed by atoms with Crippen LogP contribution in [0.5, 0.6) is 0 Å². The first-order valence-electron chi connectivity index (χ1n) is 7.11. The number of nitrogens with zero attached hydrogens (tertiary/aromatic N) is 2. The average Bonchev–Trinajstić information content (AvgIpc) is 3.05. The van der Waals surface area contributed by atoms with Crippen LogP contribution >= 0.6 is 47.8 Å². The highest BCUT2D eigenvalue weighted by Gasteiger charge is 2.17. The van der Waals surface area contributed by atoms with Crippen molar-refractivity contribution in [1.29, 1.82) is 5.26 Å². The highest BCUT2D eigenvalue weighted by molar-refractivity contribution is 9.24. The number of carbonyl (C=O) groups excluding carboxylic acids is 1. The largest absolute Gasteiger partial charge is 0.436 e. The maximum Gasteiger partial charge on any atom is 0.235 e. The lowest BCUT2D eigenvalue weighted by Crippen LogP contribution is -2.11. The number of nitriles is 1. The highest BCUT2D eigenvalue weighted by Crippen LogP contribution is 2.37. The lowest BCUT2D eigenvalue weighted by atomic mass is 10.1. The third kappa shape index (κ3) is 3.94. The van der Waals surface area contributed by atoms with Crippen molar-refractivity contribution in [2.45, 2.75) is 3.74 Å². The Bertz CT molecular complexity index is 975. The summed E-state index contributed by atoms with van der Waals surface area (Å²) >= 11 is 10.00.